The molecule has 0 unspecified atom stereocenters. The number of rotatable bonds is 7. The second kappa shape index (κ2) is 8.19. The molecular formula is C20H19ClFNO2. The molecule has 0 spiro atoms. The van der Waals surface area contributed by atoms with Crippen LogP contribution in [-0.2, 0) is 13.0 Å². The highest BCUT2D eigenvalue weighted by Crippen LogP contribution is 2.26. The SMILES string of the molecule is COc1ccc(CCNCc2ccc(-c3ccc(F)c(Cl)c3)o2)cc1. The first-order chi connectivity index (χ1) is 12.2. The molecule has 0 aliphatic rings. The van der Waals surface area contributed by atoms with E-state index in [9.17, 15) is 4.39 Å². The molecule has 0 aliphatic carbocycles. The first-order valence-corrected chi connectivity index (χ1v) is 8.41. The average molecular weight is 360 g/mol. The van der Waals surface area contributed by atoms with Crippen molar-refractivity contribution in [1.29, 1.82) is 0 Å². The predicted molar refractivity (Wildman–Crippen MR) is 97.5 cm³/mol. The Bertz CT molecular complexity index is 830. The molecule has 0 amide bonds. The lowest BCUT2D eigenvalue weighted by atomic mass is 10.1. The largest absolute Gasteiger partial charge is 0.497 e. The molecule has 0 radical (unpaired) electrons. The zero-order valence-corrected chi connectivity index (χ0v) is 14.6. The van der Waals surface area contributed by atoms with Crippen LogP contribution in [0.3, 0.4) is 0 Å². The van der Waals surface area contributed by atoms with Gasteiger partial charge in [-0.2, -0.15) is 0 Å². The van der Waals surface area contributed by atoms with E-state index in [0.717, 1.165) is 30.0 Å². The summed E-state index contributed by atoms with van der Waals surface area (Å²) in [6, 6.07) is 16.4. The van der Waals surface area contributed by atoms with Crippen LogP contribution in [-0.4, -0.2) is 13.7 Å². The normalized spacial score (nSPS) is 10.8. The van der Waals surface area contributed by atoms with Crippen molar-refractivity contribution in [2.24, 2.45) is 0 Å². The summed E-state index contributed by atoms with van der Waals surface area (Å²) in [5.41, 5.74) is 2.00. The van der Waals surface area contributed by atoms with Gasteiger partial charge in [0.05, 0.1) is 18.7 Å². The van der Waals surface area contributed by atoms with Crippen molar-refractivity contribution < 1.29 is 13.5 Å². The molecule has 1 N–H and O–H groups in total. The van der Waals surface area contributed by atoms with Gasteiger partial charge < -0.3 is 14.5 Å². The first kappa shape index (κ1) is 17.5. The standard InChI is InChI=1S/C20H19ClFNO2/c1-24-16-5-2-14(3-6-16)10-11-23-13-17-7-9-20(25-17)15-4-8-19(22)18(21)12-15/h2-9,12,23H,10-11,13H2,1H3. The fraction of sp³-hybridized carbons (Fsp3) is 0.200. The van der Waals surface area contributed by atoms with Crippen LogP contribution in [0, 0.1) is 5.82 Å². The fourth-order valence-corrected chi connectivity index (χ4v) is 2.69. The molecule has 25 heavy (non-hydrogen) atoms. The van der Waals surface area contributed by atoms with Crippen LogP contribution < -0.4 is 10.1 Å². The van der Waals surface area contributed by atoms with Crippen molar-refractivity contribution in [2.75, 3.05) is 13.7 Å². The average Bonchev–Trinajstić information content (AvgIpc) is 3.10. The monoisotopic (exact) mass is 359 g/mol. The third-order valence-corrected chi connectivity index (χ3v) is 4.20. The molecular weight excluding hydrogens is 341 g/mol. The van der Waals surface area contributed by atoms with Crippen molar-refractivity contribution >= 4 is 11.6 Å². The zero-order valence-electron chi connectivity index (χ0n) is 13.9. The Morgan fingerprint density at radius 1 is 1.08 bits per heavy atom. The summed E-state index contributed by atoms with van der Waals surface area (Å²) in [5, 5.41) is 3.44. The van der Waals surface area contributed by atoms with E-state index in [4.69, 9.17) is 20.8 Å². The third-order valence-electron chi connectivity index (χ3n) is 3.91. The van der Waals surface area contributed by atoms with Crippen molar-refractivity contribution in [1.82, 2.24) is 5.32 Å². The molecule has 0 saturated heterocycles. The number of methoxy groups -OCH3 is 1. The molecule has 3 aromatic rings. The second-order valence-electron chi connectivity index (χ2n) is 5.67. The molecule has 0 saturated carbocycles. The van der Waals surface area contributed by atoms with E-state index < -0.39 is 5.82 Å². The van der Waals surface area contributed by atoms with Gasteiger partial charge in [-0.25, -0.2) is 4.39 Å². The van der Waals surface area contributed by atoms with Crippen LogP contribution >= 0.6 is 11.6 Å². The van der Waals surface area contributed by atoms with Gasteiger partial charge in [-0.3, -0.25) is 0 Å². The lowest BCUT2D eigenvalue weighted by Gasteiger charge is -2.05. The number of nitrogens with one attached hydrogen (secondary N) is 1. The Morgan fingerprint density at radius 2 is 1.88 bits per heavy atom. The predicted octanol–water partition coefficient (Wildman–Crippen LogP) is 5.08. The Balaban J connectivity index is 1.50. The van der Waals surface area contributed by atoms with Crippen LogP contribution in [0.2, 0.25) is 5.02 Å². The van der Waals surface area contributed by atoms with Crippen LogP contribution in [0.15, 0.2) is 59.0 Å². The van der Waals surface area contributed by atoms with Crippen molar-refractivity contribution in [3.63, 3.8) is 0 Å². The van der Waals surface area contributed by atoms with E-state index in [2.05, 4.69) is 17.4 Å². The third kappa shape index (κ3) is 4.62. The summed E-state index contributed by atoms with van der Waals surface area (Å²) < 4.78 is 24.2. The Labute approximate surface area is 151 Å². The Morgan fingerprint density at radius 3 is 2.60 bits per heavy atom. The second-order valence-corrected chi connectivity index (χ2v) is 6.08. The van der Waals surface area contributed by atoms with Gasteiger partial charge in [0.25, 0.3) is 0 Å². The van der Waals surface area contributed by atoms with Gasteiger partial charge in [-0.1, -0.05) is 23.7 Å². The summed E-state index contributed by atoms with van der Waals surface area (Å²) in [5.74, 6) is 1.93. The number of ether oxygens (including phenoxy) is 1. The number of hydrogen-bond donors (Lipinski definition) is 1. The first-order valence-electron chi connectivity index (χ1n) is 8.03. The molecule has 0 fully saturated rings. The number of furan rings is 1. The minimum absolute atomic E-state index is 0.0908. The Hall–Kier alpha value is -2.30. The van der Waals surface area contributed by atoms with Gasteiger partial charge in [0, 0.05) is 5.56 Å². The molecule has 3 nitrogen and oxygen atoms in total. The maximum Gasteiger partial charge on any atom is 0.141 e. The lowest BCUT2D eigenvalue weighted by Crippen LogP contribution is -2.16. The van der Waals surface area contributed by atoms with Crippen molar-refractivity contribution in [2.45, 2.75) is 13.0 Å². The van der Waals surface area contributed by atoms with E-state index in [-0.39, 0.29) is 5.02 Å². The maximum absolute atomic E-state index is 13.2. The molecule has 3 rings (SSSR count). The van der Waals surface area contributed by atoms with E-state index in [1.54, 1.807) is 19.2 Å². The van der Waals surface area contributed by atoms with Crippen LogP contribution in [0.1, 0.15) is 11.3 Å². The van der Waals surface area contributed by atoms with Crippen molar-refractivity contribution in [3.8, 4) is 17.1 Å². The van der Waals surface area contributed by atoms with E-state index in [0.29, 0.717) is 12.3 Å². The van der Waals surface area contributed by atoms with Gasteiger partial charge in [0.15, 0.2) is 0 Å². The van der Waals surface area contributed by atoms with Crippen LogP contribution in [0.25, 0.3) is 11.3 Å². The molecule has 1 heterocycles. The summed E-state index contributed by atoms with van der Waals surface area (Å²) in [4.78, 5) is 0. The Kier molecular flexibility index (Phi) is 5.74. The number of benzene rings is 2. The zero-order chi connectivity index (χ0) is 17.6. The van der Waals surface area contributed by atoms with Gasteiger partial charge in [-0.15, -0.1) is 0 Å². The van der Waals surface area contributed by atoms with Gasteiger partial charge in [0.2, 0.25) is 0 Å². The van der Waals surface area contributed by atoms with Gasteiger partial charge >= 0.3 is 0 Å². The van der Waals surface area contributed by atoms with Gasteiger partial charge in [0.1, 0.15) is 23.1 Å². The summed E-state index contributed by atoms with van der Waals surface area (Å²) in [7, 11) is 1.66. The molecule has 0 atom stereocenters. The highest BCUT2D eigenvalue weighted by molar-refractivity contribution is 6.31. The van der Waals surface area contributed by atoms with E-state index in [1.807, 2.05) is 24.3 Å². The molecule has 0 aliphatic heterocycles. The quantitative estimate of drug-likeness (QED) is 0.597. The highest BCUT2D eigenvalue weighted by atomic mass is 35.5. The smallest absolute Gasteiger partial charge is 0.141 e. The maximum atomic E-state index is 13.2. The van der Waals surface area contributed by atoms with E-state index in [1.165, 1.54) is 11.6 Å². The van der Waals surface area contributed by atoms with Gasteiger partial charge in [-0.05, 0) is 61.0 Å². The molecule has 1 aromatic heterocycles. The molecule has 0 bridgehead atoms. The summed E-state index contributed by atoms with van der Waals surface area (Å²) in [6.07, 6.45) is 0.922. The number of hydrogen-bond acceptors (Lipinski definition) is 3. The fourth-order valence-electron chi connectivity index (χ4n) is 2.51. The lowest BCUT2D eigenvalue weighted by molar-refractivity contribution is 0.414. The molecule has 2 aromatic carbocycles. The van der Waals surface area contributed by atoms with Crippen molar-refractivity contribution in [3.05, 3.63) is 76.8 Å². The number of halogens is 2. The molecule has 5 heteroatoms. The molecule has 130 valence electrons. The van der Waals surface area contributed by atoms with Crippen LogP contribution in [0.5, 0.6) is 5.75 Å². The topological polar surface area (TPSA) is 34.4 Å². The van der Waals surface area contributed by atoms with E-state index >= 15 is 0 Å². The summed E-state index contributed by atoms with van der Waals surface area (Å²) in [6.45, 7) is 1.47. The minimum atomic E-state index is -0.433. The van der Waals surface area contributed by atoms with Crippen LogP contribution in [0.4, 0.5) is 4.39 Å². The minimum Gasteiger partial charge on any atom is -0.497 e. The highest BCUT2D eigenvalue weighted by Gasteiger charge is 2.07. The summed E-state index contributed by atoms with van der Waals surface area (Å²) >= 11 is 5.81.